The van der Waals surface area contributed by atoms with Gasteiger partial charge in [-0.1, -0.05) is 6.92 Å². The van der Waals surface area contributed by atoms with Crippen molar-refractivity contribution in [3.63, 3.8) is 0 Å². The molecule has 3 heteroatoms. The van der Waals surface area contributed by atoms with Gasteiger partial charge in [0.25, 0.3) is 5.91 Å². The second kappa shape index (κ2) is 4.50. The minimum absolute atomic E-state index is 0.104. The first-order chi connectivity index (χ1) is 7.58. The zero-order chi connectivity index (χ0) is 11.7. The highest BCUT2D eigenvalue weighted by molar-refractivity contribution is 7.80. The SMILES string of the molecule is CC1CC1CN(C)C(=O)c1ccc(S)cc1. The quantitative estimate of drug-likeness (QED) is 0.799. The highest BCUT2D eigenvalue weighted by Crippen LogP contribution is 2.38. The summed E-state index contributed by atoms with van der Waals surface area (Å²) in [6.07, 6.45) is 1.26. The average Bonchev–Trinajstić information content (AvgIpc) is 2.94. The van der Waals surface area contributed by atoms with Gasteiger partial charge < -0.3 is 4.90 Å². The minimum Gasteiger partial charge on any atom is -0.341 e. The summed E-state index contributed by atoms with van der Waals surface area (Å²) in [4.78, 5) is 14.7. The predicted molar refractivity (Wildman–Crippen MR) is 67.9 cm³/mol. The number of carbonyl (C=O) groups is 1. The first kappa shape index (κ1) is 11.5. The molecule has 1 aliphatic carbocycles. The lowest BCUT2D eigenvalue weighted by Crippen LogP contribution is -2.28. The Morgan fingerprint density at radius 1 is 1.44 bits per heavy atom. The maximum Gasteiger partial charge on any atom is 0.253 e. The van der Waals surface area contributed by atoms with Crippen LogP contribution in [0.1, 0.15) is 23.7 Å². The van der Waals surface area contributed by atoms with Crippen LogP contribution >= 0.6 is 12.6 Å². The second-order valence-corrected chi connectivity index (χ2v) is 5.22. The summed E-state index contributed by atoms with van der Waals surface area (Å²) in [6, 6.07) is 7.36. The Hall–Kier alpha value is -0.960. The Labute approximate surface area is 102 Å². The lowest BCUT2D eigenvalue weighted by Gasteiger charge is -2.17. The van der Waals surface area contributed by atoms with Crippen LogP contribution in [0.25, 0.3) is 0 Å². The minimum atomic E-state index is 0.104. The highest BCUT2D eigenvalue weighted by Gasteiger charge is 2.34. The van der Waals surface area contributed by atoms with Gasteiger partial charge in [-0.15, -0.1) is 12.6 Å². The molecule has 2 nitrogen and oxygen atoms in total. The Kier molecular flexibility index (Phi) is 3.24. The number of amides is 1. The Morgan fingerprint density at radius 3 is 2.50 bits per heavy atom. The molecule has 2 atom stereocenters. The summed E-state index contributed by atoms with van der Waals surface area (Å²) >= 11 is 4.20. The summed E-state index contributed by atoms with van der Waals surface area (Å²) in [6.45, 7) is 3.11. The third-order valence-corrected chi connectivity index (χ3v) is 3.54. The van der Waals surface area contributed by atoms with E-state index >= 15 is 0 Å². The average molecular weight is 235 g/mol. The largest absolute Gasteiger partial charge is 0.341 e. The molecule has 2 rings (SSSR count). The maximum atomic E-state index is 12.0. The number of hydrogen-bond donors (Lipinski definition) is 1. The number of benzene rings is 1. The van der Waals surface area contributed by atoms with Gasteiger partial charge in [-0.3, -0.25) is 4.79 Å². The van der Waals surface area contributed by atoms with Gasteiger partial charge in [-0.2, -0.15) is 0 Å². The van der Waals surface area contributed by atoms with Crippen LogP contribution in [-0.4, -0.2) is 24.4 Å². The molecule has 0 N–H and O–H groups in total. The van der Waals surface area contributed by atoms with Crippen LogP contribution in [0.2, 0.25) is 0 Å². The van der Waals surface area contributed by atoms with Crippen molar-refractivity contribution in [1.29, 1.82) is 0 Å². The van der Waals surface area contributed by atoms with Crippen LogP contribution < -0.4 is 0 Å². The molecule has 0 aliphatic heterocycles. The van der Waals surface area contributed by atoms with E-state index in [1.807, 2.05) is 36.2 Å². The molecule has 1 aromatic carbocycles. The van der Waals surface area contributed by atoms with Gasteiger partial charge in [-0.05, 0) is 42.5 Å². The molecule has 0 aromatic heterocycles. The van der Waals surface area contributed by atoms with Crippen molar-refractivity contribution in [3.8, 4) is 0 Å². The number of thiol groups is 1. The third-order valence-electron chi connectivity index (χ3n) is 3.25. The topological polar surface area (TPSA) is 20.3 Å². The number of hydrogen-bond acceptors (Lipinski definition) is 2. The molecule has 0 bridgehead atoms. The van der Waals surface area contributed by atoms with Gasteiger partial charge >= 0.3 is 0 Å². The van der Waals surface area contributed by atoms with Crippen molar-refractivity contribution in [2.45, 2.75) is 18.2 Å². The molecular weight excluding hydrogens is 218 g/mol. The number of rotatable bonds is 3. The molecule has 1 amide bonds. The van der Waals surface area contributed by atoms with E-state index in [0.29, 0.717) is 5.92 Å². The van der Waals surface area contributed by atoms with E-state index < -0.39 is 0 Å². The van der Waals surface area contributed by atoms with Crippen molar-refractivity contribution in [1.82, 2.24) is 4.90 Å². The van der Waals surface area contributed by atoms with Gasteiger partial charge in [0.2, 0.25) is 0 Å². The summed E-state index contributed by atoms with van der Waals surface area (Å²) in [5.41, 5.74) is 0.744. The van der Waals surface area contributed by atoms with Crippen LogP contribution in [0, 0.1) is 11.8 Å². The van der Waals surface area contributed by atoms with Crippen LogP contribution in [0.3, 0.4) is 0 Å². The molecule has 0 spiro atoms. The predicted octanol–water partition coefficient (Wildman–Crippen LogP) is 2.70. The first-order valence-electron chi connectivity index (χ1n) is 5.62. The van der Waals surface area contributed by atoms with E-state index in [2.05, 4.69) is 19.6 Å². The zero-order valence-electron chi connectivity index (χ0n) is 9.68. The fraction of sp³-hybridized carbons (Fsp3) is 0.462. The lowest BCUT2D eigenvalue weighted by molar-refractivity contribution is 0.0787. The van der Waals surface area contributed by atoms with Crippen LogP contribution in [0.15, 0.2) is 29.2 Å². The highest BCUT2D eigenvalue weighted by atomic mass is 32.1. The van der Waals surface area contributed by atoms with Crippen molar-refractivity contribution >= 4 is 18.5 Å². The normalized spacial score (nSPS) is 22.9. The molecule has 1 aliphatic rings. The zero-order valence-corrected chi connectivity index (χ0v) is 10.6. The van der Waals surface area contributed by atoms with Gasteiger partial charge in [0.1, 0.15) is 0 Å². The van der Waals surface area contributed by atoms with Gasteiger partial charge in [0.05, 0.1) is 0 Å². The van der Waals surface area contributed by atoms with E-state index in [9.17, 15) is 4.79 Å². The fourth-order valence-corrected chi connectivity index (χ4v) is 2.06. The van der Waals surface area contributed by atoms with E-state index in [1.165, 1.54) is 6.42 Å². The Balaban J connectivity index is 1.98. The lowest BCUT2D eigenvalue weighted by atomic mass is 10.2. The van der Waals surface area contributed by atoms with Crippen molar-refractivity contribution in [3.05, 3.63) is 29.8 Å². The number of nitrogens with zero attached hydrogens (tertiary/aromatic N) is 1. The molecule has 0 radical (unpaired) electrons. The number of carbonyl (C=O) groups excluding carboxylic acids is 1. The van der Waals surface area contributed by atoms with Crippen molar-refractivity contribution < 1.29 is 4.79 Å². The van der Waals surface area contributed by atoms with E-state index in [4.69, 9.17) is 0 Å². The van der Waals surface area contributed by atoms with Crippen LogP contribution in [0.5, 0.6) is 0 Å². The van der Waals surface area contributed by atoms with Gasteiger partial charge in [0.15, 0.2) is 0 Å². The maximum absolute atomic E-state index is 12.0. The van der Waals surface area contributed by atoms with Gasteiger partial charge in [-0.25, -0.2) is 0 Å². The van der Waals surface area contributed by atoms with Crippen LogP contribution in [0.4, 0.5) is 0 Å². The van der Waals surface area contributed by atoms with E-state index in [0.717, 1.165) is 22.9 Å². The Bertz CT molecular complexity index is 387. The standard InChI is InChI=1S/C13H17NOS/c1-9-7-11(9)8-14(2)13(15)10-3-5-12(16)6-4-10/h3-6,9,11,16H,7-8H2,1-2H3. The molecule has 0 heterocycles. The molecular formula is C13H17NOS. The molecule has 16 heavy (non-hydrogen) atoms. The first-order valence-corrected chi connectivity index (χ1v) is 6.07. The monoisotopic (exact) mass is 235 g/mol. The Morgan fingerprint density at radius 2 is 2.00 bits per heavy atom. The summed E-state index contributed by atoms with van der Waals surface area (Å²) in [5, 5.41) is 0. The molecule has 2 unspecified atom stereocenters. The molecule has 0 saturated heterocycles. The smallest absolute Gasteiger partial charge is 0.253 e. The molecule has 1 aromatic rings. The van der Waals surface area contributed by atoms with E-state index in [1.54, 1.807) is 0 Å². The second-order valence-electron chi connectivity index (χ2n) is 4.71. The summed E-state index contributed by atoms with van der Waals surface area (Å²) < 4.78 is 0. The van der Waals surface area contributed by atoms with Crippen molar-refractivity contribution in [2.24, 2.45) is 11.8 Å². The summed E-state index contributed by atoms with van der Waals surface area (Å²) in [5.74, 6) is 1.60. The summed E-state index contributed by atoms with van der Waals surface area (Å²) in [7, 11) is 1.88. The third kappa shape index (κ3) is 2.59. The molecule has 86 valence electrons. The van der Waals surface area contributed by atoms with Crippen LogP contribution in [-0.2, 0) is 0 Å². The fourth-order valence-electron chi connectivity index (χ4n) is 1.91. The molecule has 1 fully saturated rings. The van der Waals surface area contributed by atoms with Crippen molar-refractivity contribution in [2.75, 3.05) is 13.6 Å². The van der Waals surface area contributed by atoms with E-state index in [-0.39, 0.29) is 5.91 Å². The molecule has 1 saturated carbocycles. The van der Waals surface area contributed by atoms with Gasteiger partial charge in [0, 0.05) is 24.1 Å².